The van der Waals surface area contributed by atoms with Gasteiger partial charge in [-0.2, -0.15) is 4.98 Å². The number of nitrogens with zero attached hydrogens (tertiary/aromatic N) is 3. The summed E-state index contributed by atoms with van der Waals surface area (Å²) < 4.78 is 5.49. The lowest BCUT2D eigenvalue weighted by molar-refractivity contribution is 0.298. The van der Waals surface area contributed by atoms with E-state index in [1.807, 2.05) is 12.1 Å². The Bertz CT molecular complexity index is 883. The molecule has 148 valence electrons. The van der Waals surface area contributed by atoms with E-state index in [4.69, 9.17) is 10.3 Å². The lowest BCUT2D eigenvalue weighted by Crippen LogP contribution is -2.23. The maximum atomic E-state index is 6.04. The molecule has 5 nitrogen and oxygen atoms in total. The van der Waals surface area contributed by atoms with Crippen LogP contribution < -0.4 is 5.73 Å². The normalized spacial score (nSPS) is 19.5. The molecule has 1 fully saturated rings. The second kappa shape index (κ2) is 9.32. The Morgan fingerprint density at radius 2 is 1.82 bits per heavy atom. The summed E-state index contributed by atoms with van der Waals surface area (Å²) in [7, 11) is 0. The quantitative estimate of drug-likeness (QED) is 0.687. The number of aryl methyl sites for hydroxylation is 1. The molecule has 1 saturated heterocycles. The molecule has 0 bridgehead atoms. The van der Waals surface area contributed by atoms with Crippen LogP contribution in [-0.2, 0) is 13.0 Å². The van der Waals surface area contributed by atoms with Crippen molar-refractivity contribution in [1.29, 1.82) is 0 Å². The first-order valence-corrected chi connectivity index (χ1v) is 9.56. The maximum absolute atomic E-state index is 6.04. The number of hydrogen-bond donors (Lipinski definition) is 1. The summed E-state index contributed by atoms with van der Waals surface area (Å²) >= 11 is 0. The van der Waals surface area contributed by atoms with E-state index in [2.05, 4.69) is 64.4 Å². The van der Waals surface area contributed by atoms with Crippen molar-refractivity contribution in [1.82, 2.24) is 15.0 Å². The zero-order chi connectivity index (χ0) is 18.6. The van der Waals surface area contributed by atoms with E-state index in [-0.39, 0.29) is 12.4 Å². The van der Waals surface area contributed by atoms with Crippen molar-refractivity contribution in [3.05, 3.63) is 83.0 Å². The molecule has 1 aromatic heterocycles. The van der Waals surface area contributed by atoms with E-state index in [1.54, 1.807) is 0 Å². The molecule has 6 heteroatoms. The second-order valence-electron chi connectivity index (χ2n) is 7.41. The van der Waals surface area contributed by atoms with Gasteiger partial charge in [-0.25, -0.2) is 0 Å². The summed E-state index contributed by atoms with van der Waals surface area (Å²) in [5.41, 5.74) is 9.88. The molecule has 28 heavy (non-hydrogen) atoms. The van der Waals surface area contributed by atoms with Gasteiger partial charge in [0, 0.05) is 19.0 Å². The summed E-state index contributed by atoms with van der Waals surface area (Å²) in [6, 6.07) is 19.0. The number of halogens is 1. The van der Waals surface area contributed by atoms with Crippen LogP contribution in [0.1, 0.15) is 34.3 Å². The van der Waals surface area contributed by atoms with Crippen molar-refractivity contribution in [2.24, 2.45) is 11.7 Å². The molecule has 2 heterocycles. The lowest BCUT2D eigenvalue weighted by Gasteiger charge is -2.16. The van der Waals surface area contributed by atoms with Crippen LogP contribution in [0.25, 0.3) is 0 Å². The van der Waals surface area contributed by atoms with Gasteiger partial charge in [-0.15, -0.1) is 12.4 Å². The van der Waals surface area contributed by atoms with E-state index < -0.39 is 0 Å². The molecule has 2 N–H and O–H groups in total. The largest absolute Gasteiger partial charge is 0.339 e. The number of rotatable bonds is 6. The number of likely N-dealkylation sites (tertiary alicyclic amines) is 1. The second-order valence-corrected chi connectivity index (χ2v) is 7.41. The summed E-state index contributed by atoms with van der Waals surface area (Å²) in [5.74, 6) is 2.36. The number of nitrogens with two attached hydrogens (primary N) is 1. The van der Waals surface area contributed by atoms with E-state index in [0.717, 1.165) is 18.9 Å². The highest BCUT2D eigenvalue weighted by Crippen LogP contribution is 2.32. The van der Waals surface area contributed by atoms with Gasteiger partial charge in [0.2, 0.25) is 5.89 Å². The first-order valence-electron chi connectivity index (χ1n) is 9.56. The average molecular weight is 399 g/mol. The van der Waals surface area contributed by atoms with E-state index in [1.165, 1.54) is 16.7 Å². The van der Waals surface area contributed by atoms with Crippen molar-refractivity contribution in [2.45, 2.75) is 25.8 Å². The maximum Gasteiger partial charge on any atom is 0.231 e. The van der Waals surface area contributed by atoms with Crippen molar-refractivity contribution in [2.75, 3.05) is 19.6 Å². The number of aromatic nitrogens is 2. The molecule has 0 aliphatic carbocycles. The predicted octanol–water partition coefficient (Wildman–Crippen LogP) is 3.56. The summed E-state index contributed by atoms with van der Waals surface area (Å²) in [4.78, 5) is 6.99. The van der Waals surface area contributed by atoms with Gasteiger partial charge in [-0.05, 0) is 36.1 Å². The van der Waals surface area contributed by atoms with Crippen LogP contribution in [0.3, 0.4) is 0 Å². The van der Waals surface area contributed by atoms with Crippen molar-refractivity contribution < 1.29 is 4.52 Å². The van der Waals surface area contributed by atoms with Crippen LogP contribution in [0.5, 0.6) is 0 Å². The van der Waals surface area contributed by atoms with Gasteiger partial charge in [-0.3, -0.25) is 4.90 Å². The van der Waals surface area contributed by atoms with Crippen LogP contribution in [0.4, 0.5) is 0 Å². The standard InChI is InChI=1S/C22H26N4O.ClH/c1-16-7-5-6-10-18(16)11-22-24-21(25-27-22)15-26-13-19(12-23)20(14-26)17-8-3-2-4-9-17;/h2-10,19-20H,11-15,23H2,1H3;1H/t19-,20+;/m1./s1. The van der Waals surface area contributed by atoms with Gasteiger partial charge in [-0.1, -0.05) is 59.8 Å². The SMILES string of the molecule is Cc1ccccc1Cc1nc(CN2C[C@@H](CN)[C@H](c3ccccc3)C2)no1.Cl. The van der Waals surface area contributed by atoms with Crippen LogP contribution >= 0.6 is 12.4 Å². The molecule has 0 amide bonds. The molecule has 3 aromatic rings. The topological polar surface area (TPSA) is 68.2 Å². The van der Waals surface area contributed by atoms with Crippen LogP contribution in [-0.4, -0.2) is 34.7 Å². The third-order valence-electron chi connectivity index (χ3n) is 5.53. The van der Waals surface area contributed by atoms with Crippen LogP contribution in [0, 0.1) is 12.8 Å². The number of hydrogen-bond acceptors (Lipinski definition) is 5. The minimum atomic E-state index is 0. The van der Waals surface area contributed by atoms with Gasteiger partial charge < -0.3 is 10.3 Å². The molecular weight excluding hydrogens is 372 g/mol. The summed E-state index contributed by atoms with van der Waals surface area (Å²) in [6.45, 7) is 5.46. The third kappa shape index (κ3) is 4.61. The Morgan fingerprint density at radius 3 is 2.57 bits per heavy atom. The van der Waals surface area contributed by atoms with Crippen LogP contribution in [0.15, 0.2) is 59.1 Å². The Morgan fingerprint density at radius 1 is 1.07 bits per heavy atom. The van der Waals surface area contributed by atoms with Crippen molar-refractivity contribution >= 4 is 12.4 Å². The Balaban J connectivity index is 0.00000225. The first-order chi connectivity index (χ1) is 13.2. The number of benzene rings is 2. The summed E-state index contributed by atoms with van der Waals surface area (Å²) in [6.07, 6.45) is 0.678. The first kappa shape index (κ1) is 20.5. The molecule has 0 radical (unpaired) electrons. The molecule has 0 spiro atoms. The molecule has 1 aliphatic heterocycles. The zero-order valence-corrected chi connectivity index (χ0v) is 16.9. The lowest BCUT2D eigenvalue weighted by atomic mass is 9.89. The van der Waals surface area contributed by atoms with Gasteiger partial charge in [0.15, 0.2) is 5.82 Å². The minimum absolute atomic E-state index is 0. The fourth-order valence-corrected chi connectivity index (χ4v) is 4.00. The monoisotopic (exact) mass is 398 g/mol. The van der Waals surface area contributed by atoms with Crippen LogP contribution in [0.2, 0.25) is 0 Å². The highest BCUT2D eigenvalue weighted by atomic mass is 35.5. The average Bonchev–Trinajstić information content (AvgIpc) is 3.31. The van der Waals surface area contributed by atoms with E-state index in [9.17, 15) is 0 Å². The smallest absolute Gasteiger partial charge is 0.231 e. The molecule has 4 rings (SSSR count). The van der Waals surface area contributed by atoms with Gasteiger partial charge in [0.05, 0.1) is 13.0 Å². The highest BCUT2D eigenvalue weighted by Gasteiger charge is 2.33. The Labute approximate surface area is 172 Å². The fourth-order valence-electron chi connectivity index (χ4n) is 4.00. The van der Waals surface area contributed by atoms with Gasteiger partial charge in [0.1, 0.15) is 0 Å². The van der Waals surface area contributed by atoms with E-state index in [0.29, 0.717) is 37.2 Å². The highest BCUT2D eigenvalue weighted by molar-refractivity contribution is 5.85. The third-order valence-corrected chi connectivity index (χ3v) is 5.53. The zero-order valence-electron chi connectivity index (χ0n) is 16.1. The fraction of sp³-hybridized carbons (Fsp3) is 0.364. The molecule has 2 atom stereocenters. The minimum Gasteiger partial charge on any atom is -0.339 e. The summed E-state index contributed by atoms with van der Waals surface area (Å²) in [5, 5.41) is 4.20. The van der Waals surface area contributed by atoms with Crippen molar-refractivity contribution in [3.8, 4) is 0 Å². The predicted molar refractivity (Wildman–Crippen MR) is 113 cm³/mol. The van der Waals surface area contributed by atoms with Gasteiger partial charge in [0.25, 0.3) is 0 Å². The Hall–Kier alpha value is -2.21. The van der Waals surface area contributed by atoms with Crippen molar-refractivity contribution in [3.63, 3.8) is 0 Å². The molecular formula is C22H27ClN4O. The van der Waals surface area contributed by atoms with Gasteiger partial charge >= 0.3 is 0 Å². The Kier molecular flexibility index (Phi) is 6.83. The molecule has 1 aliphatic rings. The molecule has 0 unspecified atom stereocenters. The molecule has 0 saturated carbocycles. The molecule has 2 aromatic carbocycles. The van der Waals surface area contributed by atoms with E-state index >= 15 is 0 Å².